The fourth-order valence-electron chi connectivity index (χ4n) is 2.06. The lowest BCUT2D eigenvalue weighted by Gasteiger charge is -2.23. The third-order valence-corrected chi connectivity index (χ3v) is 3.02. The number of aliphatic hydroxyl groups excluding tert-OH is 1. The van der Waals surface area contributed by atoms with Gasteiger partial charge < -0.3 is 5.11 Å². The van der Waals surface area contributed by atoms with Crippen molar-refractivity contribution in [2.75, 3.05) is 0 Å². The van der Waals surface area contributed by atoms with Gasteiger partial charge in [0, 0.05) is 12.7 Å². The second-order valence-corrected chi connectivity index (χ2v) is 4.75. The van der Waals surface area contributed by atoms with Gasteiger partial charge in [-0.15, -0.1) is 0 Å². The Balaban J connectivity index is 2.78. The molecule has 2 unspecified atom stereocenters. The zero-order valence-corrected chi connectivity index (χ0v) is 10.4. The van der Waals surface area contributed by atoms with Crippen molar-refractivity contribution in [3.05, 3.63) is 17.5 Å². The molecule has 1 aromatic heterocycles. The highest BCUT2D eigenvalue weighted by molar-refractivity contribution is 5.09. The zero-order chi connectivity index (χ0) is 11.6. The predicted molar refractivity (Wildman–Crippen MR) is 61.7 cm³/mol. The Kier molecular flexibility index (Phi) is 3.91. The van der Waals surface area contributed by atoms with E-state index in [1.165, 1.54) is 5.69 Å². The third kappa shape index (κ3) is 3.06. The topological polar surface area (TPSA) is 38.0 Å². The minimum Gasteiger partial charge on any atom is -0.393 e. The molecular formula is C12H22N2O. The van der Waals surface area contributed by atoms with Crippen LogP contribution in [0, 0.1) is 18.8 Å². The molecule has 0 aliphatic rings. The summed E-state index contributed by atoms with van der Waals surface area (Å²) in [5.41, 5.74) is 2.24. The first-order valence-corrected chi connectivity index (χ1v) is 5.59. The van der Waals surface area contributed by atoms with Crippen LogP contribution in [0.4, 0.5) is 0 Å². The van der Waals surface area contributed by atoms with Gasteiger partial charge in [0.15, 0.2) is 0 Å². The van der Waals surface area contributed by atoms with E-state index >= 15 is 0 Å². The van der Waals surface area contributed by atoms with Crippen LogP contribution in [0.25, 0.3) is 0 Å². The van der Waals surface area contributed by atoms with E-state index in [1.807, 2.05) is 25.6 Å². The smallest absolute Gasteiger partial charge is 0.0596 e. The van der Waals surface area contributed by atoms with Crippen LogP contribution in [-0.2, 0) is 13.5 Å². The predicted octanol–water partition coefficient (Wildman–Crippen LogP) is 1.92. The van der Waals surface area contributed by atoms with Gasteiger partial charge in [-0.05, 0) is 38.2 Å². The van der Waals surface area contributed by atoms with Gasteiger partial charge in [-0.2, -0.15) is 5.10 Å². The molecule has 1 N–H and O–H groups in total. The summed E-state index contributed by atoms with van der Waals surface area (Å²) in [4.78, 5) is 0. The Labute approximate surface area is 92.1 Å². The summed E-state index contributed by atoms with van der Waals surface area (Å²) in [6, 6.07) is 2.09. The number of aromatic nitrogens is 2. The summed E-state index contributed by atoms with van der Waals surface area (Å²) in [5.74, 6) is 0.792. The molecule has 1 rings (SSSR count). The third-order valence-electron chi connectivity index (χ3n) is 3.02. The quantitative estimate of drug-likeness (QED) is 0.824. The Bertz CT molecular complexity index is 307. The fraction of sp³-hybridized carbons (Fsp3) is 0.750. The van der Waals surface area contributed by atoms with E-state index in [1.54, 1.807) is 0 Å². The molecule has 0 saturated heterocycles. The standard InChI is InChI=1S/C12H22N2O/c1-8(2)12(10(4)15)7-11-6-9(3)13-14(11)5/h6,8,10,12,15H,7H2,1-5H3. The van der Waals surface area contributed by atoms with Gasteiger partial charge in [-0.1, -0.05) is 13.8 Å². The van der Waals surface area contributed by atoms with Gasteiger partial charge in [0.05, 0.1) is 11.8 Å². The van der Waals surface area contributed by atoms with Crippen LogP contribution in [0.3, 0.4) is 0 Å². The maximum atomic E-state index is 9.71. The molecule has 0 aromatic carbocycles. The van der Waals surface area contributed by atoms with Crippen molar-refractivity contribution < 1.29 is 5.11 Å². The number of hydrogen-bond acceptors (Lipinski definition) is 2. The maximum absolute atomic E-state index is 9.71. The van der Waals surface area contributed by atoms with Gasteiger partial charge in [-0.3, -0.25) is 4.68 Å². The van der Waals surface area contributed by atoms with E-state index in [0.717, 1.165) is 12.1 Å². The summed E-state index contributed by atoms with van der Waals surface area (Å²) < 4.78 is 1.91. The van der Waals surface area contributed by atoms with E-state index < -0.39 is 0 Å². The molecule has 3 nitrogen and oxygen atoms in total. The SMILES string of the molecule is Cc1cc(CC(C(C)C)C(C)O)n(C)n1. The zero-order valence-electron chi connectivity index (χ0n) is 10.4. The highest BCUT2D eigenvalue weighted by Crippen LogP contribution is 2.21. The highest BCUT2D eigenvalue weighted by atomic mass is 16.3. The molecule has 0 aliphatic carbocycles. The first kappa shape index (κ1) is 12.2. The minimum atomic E-state index is -0.264. The molecule has 0 amide bonds. The summed E-state index contributed by atoms with van der Waals surface area (Å²) in [6.07, 6.45) is 0.632. The van der Waals surface area contributed by atoms with Crippen molar-refractivity contribution in [3.63, 3.8) is 0 Å². The number of nitrogens with zero attached hydrogens (tertiary/aromatic N) is 2. The number of rotatable bonds is 4. The van der Waals surface area contributed by atoms with Crippen molar-refractivity contribution in [1.82, 2.24) is 9.78 Å². The van der Waals surface area contributed by atoms with Crippen molar-refractivity contribution in [3.8, 4) is 0 Å². The Morgan fingerprint density at radius 3 is 2.33 bits per heavy atom. The molecule has 86 valence electrons. The van der Waals surface area contributed by atoms with Crippen molar-refractivity contribution in [2.45, 2.75) is 40.2 Å². The molecule has 1 heterocycles. The summed E-state index contributed by atoms with van der Waals surface area (Å²) in [5, 5.41) is 14.0. The maximum Gasteiger partial charge on any atom is 0.0596 e. The monoisotopic (exact) mass is 210 g/mol. The van der Waals surface area contributed by atoms with Crippen molar-refractivity contribution in [1.29, 1.82) is 0 Å². The largest absolute Gasteiger partial charge is 0.393 e. The number of hydrogen-bond donors (Lipinski definition) is 1. The summed E-state index contributed by atoms with van der Waals surface area (Å²) >= 11 is 0. The van der Waals surface area contributed by atoms with Crippen molar-refractivity contribution in [2.24, 2.45) is 18.9 Å². The van der Waals surface area contributed by atoms with E-state index in [4.69, 9.17) is 0 Å². The van der Waals surface area contributed by atoms with E-state index in [-0.39, 0.29) is 6.10 Å². The number of aryl methyl sites for hydroxylation is 2. The Morgan fingerprint density at radius 1 is 1.40 bits per heavy atom. The molecule has 0 aliphatic heterocycles. The second kappa shape index (κ2) is 4.79. The van der Waals surface area contributed by atoms with Gasteiger partial charge in [0.25, 0.3) is 0 Å². The van der Waals surface area contributed by atoms with Crippen molar-refractivity contribution >= 4 is 0 Å². The van der Waals surface area contributed by atoms with E-state index in [2.05, 4.69) is 25.0 Å². The van der Waals surface area contributed by atoms with Gasteiger partial charge in [-0.25, -0.2) is 0 Å². The van der Waals surface area contributed by atoms with Crippen LogP contribution in [0.2, 0.25) is 0 Å². The Morgan fingerprint density at radius 2 is 2.00 bits per heavy atom. The average Bonchev–Trinajstić information content (AvgIpc) is 2.39. The van der Waals surface area contributed by atoms with E-state index in [9.17, 15) is 5.11 Å². The fourth-order valence-corrected chi connectivity index (χ4v) is 2.06. The minimum absolute atomic E-state index is 0.264. The lowest BCUT2D eigenvalue weighted by molar-refractivity contribution is 0.0965. The first-order valence-electron chi connectivity index (χ1n) is 5.59. The van der Waals surface area contributed by atoms with Crippen LogP contribution >= 0.6 is 0 Å². The lowest BCUT2D eigenvalue weighted by Crippen LogP contribution is -2.25. The first-order chi connectivity index (χ1) is 6.91. The molecule has 2 atom stereocenters. The normalized spacial score (nSPS) is 15.7. The van der Waals surface area contributed by atoms with Gasteiger partial charge in [0.2, 0.25) is 0 Å². The molecule has 0 spiro atoms. The Hall–Kier alpha value is -0.830. The highest BCUT2D eigenvalue weighted by Gasteiger charge is 2.20. The van der Waals surface area contributed by atoms with E-state index in [0.29, 0.717) is 11.8 Å². The molecule has 0 radical (unpaired) electrons. The molecule has 15 heavy (non-hydrogen) atoms. The number of aliphatic hydroxyl groups is 1. The second-order valence-electron chi connectivity index (χ2n) is 4.75. The van der Waals surface area contributed by atoms with Crippen LogP contribution in [0.5, 0.6) is 0 Å². The average molecular weight is 210 g/mol. The van der Waals surface area contributed by atoms with Crippen LogP contribution < -0.4 is 0 Å². The van der Waals surface area contributed by atoms with Crippen LogP contribution in [-0.4, -0.2) is 21.0 Å². The molecule has 0 saturated carbocycles. The molecule has 0 fully saturated rings. The molecule has 0 bridgehead atoms. The summed E-state index contributed by atoms with van der Waals surface area (Å²) in [7, 11) is 1.96. The molecule has 1 aromatic rings. The lowest BCUT2D eigenvalue weighted by atomic mass is 9.87. The molecule has 3 heteroatoms. The molecular weight excluding hydrogens is 188 g/mol. The summed E-state index contributed by atoms with van der Waals surface area (Å²) in [6.45, 7) is 8.17. The van der Waals surface area contributed by atoms with Gasteiger partial charge >= 0.3 is 0 Å². The van der Waals surface area contributed by atoms with Crippen LogP contribution in [0.15, 0.2) is 6.07 Å². The van der Waals surface area contributed by atoms with Crippen LogP contribution in [0.1, 0.15) is 32.2 Å². The van der Waals surface area contributed by atoms with Gasteiger partial charge in [0.1, 0.15) is 0 Å².